The maximum atomic E-state index is 12.0. The summed E-state index contributed by atoms with van der Waals surface area (Å²) < 4.78 is 3.73. The Kier molecular flexibility index (Phi) is 5.74. The van der Waals surface area contributed by atoms with Gasteiger partial charge in [0.25, 0.3) is 0 Å². The normalized spacial score (nSPS) is 11.8. The van der Waals surface area contributed by atoms with Gasteiger partial charge in [0.05, 0.1) is 18.9 Å². The molecular weight excluding hydrogens is 336 g/mol. The van der Waals surface area contributed by atoms with Crippen LogP contribution in [0.15, 0.2) is 18.2 Å². The van der Waals surface area contributed by atoms with Gasteiger partial charge in [-0.15, -0.1) is 0 Å². The van der Waals surface area contributed by atoms with Crippen LogP contribution in [-0.2, 0) is 11.5 Å². The maximum Gasteiger partial charge on any atom is 0.234 e. The first kappa shape index (κ1) is 19.3. The van der Waals surface area contributed by atoms with Crippen molar-refractivity contribution in [3.8, 4) is 5.69 Å². The number of hydrogen-bond acceptors (Lipinski definition) is 5. The molecule has 0 aliphatic carbocycles. The highest BCUT2D eigenvalue weighted by Gasteiger charge is 2.16. The number of rotatable bonds is 5. The minimum atomic E-state index is -0.249. The molecule has 1 heterocycles. The lowest BCUT2D eigenvalue weighted by Gasteiger charge is -2.23. The fourth-order valence-electron chi connectivity index (χ4n) is 2.36. The number of hydrogen-bond donors (Lipinski definition) is 1. The van der Waals surface area contributed by atoms with Gasteiger partial charge in [-0.05, 0) is 87.6 Å². The molecule has 0 radical (unpaired) electrons. The Morgan fingerprint density at radius 2 is 1.92 bits per heavy atom. The summed E-state index contributed by atoms with van der Waals surface area (Å²) in [5.74, 6) is -0.0388. The van der Waals surface area contributed by atoms with Gasteiger partial charge in [-0.2, -0.15) is 4.68 Å². The van der Waals surface area contributed by atoms with E-state index in [0.717, 1.165) is 5.69 Å². The number of amides is 1. The van der Waals surface area contributed by atoms with Crippen molar-refractivity contribution in [2.45, 2.75) is 46.8 Å². The largest absolute Gasteiger partial charge is 0.350 e. The third-order valence-corrected chi connectivity index (χ3v) is 4.06. The van der Waals surface area contributed by atoms with Crippen LogP contribution in [0, 0.1) is 18.6 Å². The van der Waals surface area contributed by atoms with Crippen LogP contribution in [0.4, 0.5) is 0 Å². The number of carbonyl (C=O) groups is 1. The van der Waals surface area contributed by atoms with Crippen LogP contribution in [0.2, 0.25) is 0 Å². The molecule has 0 aliphatic rings. The molecular formula is C17H26N6OS. The monoisotopic (exact) mass is 362 g/mol. The number of carbonyl (C=O) groups excluding carboxylic acids is 1. The smallest absolute Gasteiger partial charge is 0.234 e. The molecule has 8 heteroatoms. The zero-order valence-electron chi connectivity index (χ0n) is 15.7. The topological polar surface area (TPSA) is 68.0 Å². The molecule has 0 saturated heterocycles. The molecule has 25 heavy (non-hydrogen) atoms. The van der Waals surface area contributed by atoms with Crippen LogP contribution in [-0.4, -0.2) is 49.7 Å². The van der Waals surface area contributed by atoms with E-state index in [4.69, 9.17) is 12.2 Å². The maximum absolute atomic E-state index is 12.0. The van der Waals surface area contributed by atoms with Crippen LogP contribution in [0.3, 0.4) is 0 Å². The van der Waals surface area contributed by atoms with Crippen molar-refractivity contribution in [1.29, 1.82) is 0 Å². The molecule has 136 valence electrons. The average Bonchev–Trinajstić information content (AvgIpc) is 2.81. The quantitative estimate of drug-likeness (QED) is 0.826. The van der Waals surface area contributed by atoms with E-state index in [1.165, 1.54) is 11.1 Å². The van der Waals surface area contributed by atoms with Gasteiger partial charge < -0.3 is 5.32 Å². The highest BCUT2D eigenvalue weighted by molar-refractivity contribution is 7.71. The molecule has 1 amide bonds. The lowest BCUT2D eigenvalue weighted by molar-refractivity contribution is -0.123. The van der Waals surface area contributed by atoms with Crippen molar-refractivity contribution in [2.24, 2.45) is 0 Å². The van der Waals surface area contributed by atoms with Crippen LogP contribution in [0.1, 0.15) is 31.9 Å². The number of aromatic nitrogens is 4. The molecule has 1 aromatic carbocycles. The Morgan fingerprint density at radius 3 is 2.52 bits per heavy atom. The highest BCUT2D eigenvalue weighted by Crippen LogP contribution is 2.13. The molecule has 0 aliphatic heterocycles. The number of nitrogens with zero attached hydrogens (tertiary/aromatic N) is 5. The summed E-state index contributed by atoms with van der Waals surface area (Å²) in [5, 5.41) is 11.2. The first-order valence-corrected chi connectivity index (χ1v) is 8.57. The Bertz CT molecular complexity index is 817. The summed E-state index contributed by atoms with van der Waals surface area (Å²) >= 11 is 5.48. The fourth-order valence-corrected chi connectivity index (χ4v) is 2.60. The third kappa shape index (κ3) is 5.20. The van der Waals surface area contributed by atoms with Crippen LogP contribution >= 0.6 is 12.2 Å². The average molecular weight is 363 g/mol. The molecule has 0 spiro atoms. The van der Waals surface area contributed by atoms with Gasteiger partial charge in [0.2, 0.25) is 10.7 Å². The van der Waals surface area contributed by atoms with E-state index in [1.54, 1.807) is 9.36 Å². The van der Waals surface area contributed by atoms with E-state index in [9.17, 15) is 4.79 Å². The summed E-state index contributed by atoms with van der Waals surface area (Å²) in [7, 11) is 1.85. The van der Waals surface area contributed by atoms with E-state index in [0.29, 0.717) is 11.4 Å². The predicted octanol–water partition coefficient (Wildman–Crippen LogP) is 2.22. The molecule has 2 rings (SSSR count). The van der Waals surface area contributed by atoms with E-state index in [1.807, 2.05) is 50.9 Å². The minimum absolute atomic E-state index is 0.0388. The molecule has 0 saturated carbocycles. The Hall–Kier alpha value is -2.06. The minimum Gasteiger partial charge on any atom is -0.350 e. The Morgan fingerprint density at radius 1 is 1.24 bits per heavy atom. The predicted molar refractivity (Wildman–Crippen MR) is 100 cm³/mol. The zero-order chi connectivity index (χ0) is 18.8. The van der Waals surface area contributed by atoms with Gasteiger partial charge in [-0.25, -0.2) is 4.68 Å². The molecule has 1 aromatic heterocycles. The van der Waals surface area contributed by atoms with E-state index < -0.39 is 0 Å². The Balaban J connectivity index is 2.09. The van der Waals surface area contributed by atoms with Crippen molar-refractivity contribution < 1.29 is 4.79 Å². The molecule has 0 atom stereocenters. The summed E-state index contributed by atoms with van der Waals surface area (Å²) in [6.07, 6.45) is 0. The van der Waals surface area contributed by atoms with Gasteiger partial charge in [0, 0.05) is 5.54 Å². The number of tetrazole rings is 1. The van der Waals surface area contributed by atoms with Crippen molar-refractivity contribution >= 4 is 18.1 Å². The summed E-state index contributed by atoms with van der Waals surface area (Å²) in [4.78, 5) is 13.9. The molecule has 1 N–H and O–H groups in total. The van der Waals surface area contributed by atoms with Crippen LogP contribution in [0.25, 0.3) is 5.69 Å². The lowest BCUT2D eigenvalue weighted by atomic mass is 10.1. The third-order valence-electron chi connectivity index (χ3n) is 3.68. The van der Waals surface area contributed by atoms with E-state index in [-0.39, 0.29) is 18.0 Å². The van der Waals surface area contributed by atoms with E-state index >= 15 is 0 Å². The lowest BCUT2D eigenvalue weighted by Crippen LogP contribution is -2.45. The fraction of sp³-hybridized carbons (Fsp3) is 0.529. The SMILES string of the molecule is Cc1ccc(-n2nnn(CN(C)CC(=O)NC(C)(C)C)c2=S)cc1C. The molecule has 0 fully saturated rings. The zero-order valence-corrected chi connectivity index (χ0v) is 16.5. The number of nitrogens with one attached hydrogen (secondary N) is 1. The van der Waals surface area contributed by atoms with Crippen LogP contribution in [0.5, 0.6) is 0 Å². The van der Waals surface area contributed by atoms with Crippen molar-refractivity contribution in [3.63, 3.8) is 0 Å². The van der Waals surface area contributed by atoms with Gasteiger partial charge >= 0.3 is 0 Å². The summed E-state index contributed by atoms with van der Waals surface area (Å²) in [5.41, 5.74) is 3.02. The molecule has 0 bridgehead atoms. The highest BCUT2D eigenvalue weighted by atomic mass is 32.1. The molecule has 0 unspecified atom stereocenters. The van der Waals surface area contributed by atoms with Gasteiger partial charge in [-0.1, -0.05) is 6.07 Å². The Labute approximate surface area is 153 Å². The summed E-state index contributed by atoms with van der Waals surface area (Å²) in [6, 6.07) is 6.04. The first-order chi connectivity index (χ1) is 11.6. The summed E-state index contributed by atoms with van der Waals surface area (Å²) in [6.45, 7) is 10.6. The second-order valence-electron chi connectivity index (χ2n) is 7.40. The van der Waals surface area contributed by atoms with Crippen molar-refractivity contribution in [1.82, 2.24) is 30.0 Å². The second kappa shape index (κ2) is 7.45. The first-order valence-electron chi connectivity index (χ1n) is 8.17. The number of likely N-dealkylation sites (N-methyl/N-ethyl adjacent to an activating group) is 1. The van der Waals surface area contributed by atoms with Gasteiger partial charge in [-0.3, -0.25) is 9.69 Å². The van der Waals surface area contributed by atoms with Gasteiger partial charge in [0.1, 0.15) is 0 Å². The molecule has 7 nitrogen and oxygen atoms in total. The standard InChI is InChI=1S/C17H26N6OS/c1-12-7-8-14(9-13(12)2)23-16(25)22(19-20-23)11-21(6)10-15(24)18-17(3,4)5/h7-9H,10-11H2,1-6H3,(H,18,24). The van der Waals surface area contributed by atoms with Crippen molar-refractivity contribution in [3.05, 3.63) is 34.1 Å². The van der Waals surface area contributed by atoms with Crippen LogP contribution < -0.4 is 5.32 Å². The molecule has 2 aromatic rings. The van der Waals surface area contributed by atoms with Crippen molar-refractivity contribution in [2.75, 3.05) is 13.6 Å². The van der Waals surface area contributed by atoms with Gasteiger partial charge in [0.15, 0.2) is 0 Å². The number of benzene rings is 1. The number of aryl methyl sites for hydroxylation is 2. The van der Waals surface area contributed by atoms with E-state index in [2.05, 4.69) is 29.6 Å². The second-order valence-corrected chi connectivity index (χ2v) is 7.76.